The summed E-state index contributed by atoms with van der Waals surface area (Å²) in [7, 11) is 0. The first-order chi connectivity index (χ1) is 9.56. The largest absolute Gasteiger partial charge is 0.356 e. The minimum Gasteiger partial charge on any atom is -0.356 e. The Morgan fingerprint density at radius 1 is 1.55 bits per heavy atom. The summed E-state index contributed by atoms with van der Waals surface area (Å²) >= 11 is 0. The predicted molar refractivity (Wildman–Crippen MR) is 79.5 cm³/mol. The number of piperidine rings is 1. The van der Waals surface area contributed by atoms with Crippen LogP contribution < -0.4 is 10.6 Å². The second-order valence-corrected chi connectivity index (χ2v) is 5.87. The van der Waals surface area contributed by atoms with E-state index in [1.54, 1.807) is 0 Å². The van der Waals surface area contributed by atoms with Crippen molar-refractivity contribution in [2.75, 3.05) is 13.1 Å². The quantitative estimate of drug-likeness (QED) is 0.800. The maximum Gasteiger partial charge on any atom is 0.223 e. The molecule has 1 aliphatic rings. The van der Waals surface area contributed by atoms with Gasteiger partial charge in [-0.1, -0.05) is 0 Å². The number of aryl methyl sites for hydroxylation is 3. The summed E-state index contributed by atoms with van der Waals surface area (Å²) in [5.74, 6) is 0.395. The lowest BCUT2D eigenvalue weighted by Crippen LogP contribution is -2.42. The normalized spacial score (nSPS) is 22.8. The van der Waals surface area contributed by atoms with Gasteiger partial charge in [-0.2, -0.15) is 5.10 Å². The summed E-state index contributed by atoms with van der Waals surface area (Å²) in [6.07, 6.45) is 2.82. The smallest absolute Gasteiger partial charge is 0.223 e. The van der Waals surface area contributed by atoms with Gasteiger partial charge in [0.1, 0.15) is 0 Å². The standard InChI is InChI=1S/C15H26N4O/c1-11-10-14(5-7-16-11)15(20)17-6-4-8-19-13(3)9-12(2)18-19/h9,11,14,16H,4-8,10H2,1-3H3,(H,17,20)/t11-,14-/m0/s1. The van der Waals surface area contributed by atoms with Crippen LogP contribution >= 0.6 is 0 Å². The third-order valence-electron chi connectivity index (χ3n) is 3.94. The Balaban J connectivity index is 1.68. The Morgan fingerprint density at radius 3 is 3.00 bits per heavy atom. The molecule has 1 amide bonds. The van der Waals surface area contributed by atoms with Gasteiger partial charge >= 0.3 is 0 Å². The third kappa shape index (κ3) is 4.07. The van der Waals surface area contributed by atoms with Crippen LogP contribution in [0, 0.1) is 19.8 Å². The van der Waals surface area contributed by atoms with Gasteiger partial charge in [0.2, 0.25) is 5.91 Å². The van der Waals surface area contributed by atoms with Crippen LogP contribution in [0.2, 0.25) is 0 Å². The second-order valence-electron chi connectivity index (χ2n) is 5.87. The highest BCUT2D eigenvalue weighted by Crippen LogP contribution is 2.15. The third-order valence-corrected chi connectivity index (χ3v) is 3.94. The van der Waals surface area contributed by atoms with Crippen molar-refractivity contribution < 1.29 is 4.79 Å². The van der Waals surface area contributed by atoms with Crippen LogP contribution in [0.4, 0.5) is 0 Å². The SMILES string of the molecule is Cc1cc(C)n(CCCNC(=O)[C@H]2CCN[C@@H](C)C2)n1. The van der Waals surface area contributed by atoms with Crippen molar-refractivity contribution in [2.45, 2.75) is 52.6 Å². The van der Waals surface area contributed by atoms with Gasteiger partial charge in [0.15, 0.2) is 0 Å². The lowest BCUT2D eigenvalue weighted by molar-refractivity contribution is -0.126. The molecule has 112 valence electrons. The molecule has 2 atom stereocenters. The first-order valence-corrected chi connectivity index (χ1v) is 7.58. The molecule has 2 rings (SSSR count). The molecule has 5 heteroatoms. The van der Waals surface area contributed by atoms with Crippen molar-refractivity contribution in [2.24, 2.45) is 5.92 Å². The summed E-state index contributed by atoms with van der Waals surface area (Å²) in [6.45, 7) is 8.75. The van der Waals surface area contributed by atoms with Crippen molar-refractivity contribution in [3.63, 3.8) is 0 Å². The van der Waals surface area contributed by atoms with Crippen LogP contribution in [0.1, 0.15) is 37.6 Å². The fourth-order valence-corrected chi connectivity index (χ4v) is 2.86. The van der Waals surface area contributed by atoms with E-state index in [0.717, 1.165) is 44.6 Å². The molecule has 0 unspecified atom stereocenters. The van der Waals surface area contributed by atoms with Gasteiger partial charge in [-0.15, -0.1) is 0 Å². The molecule has 0 saturated carbocycles. The fourth-order valence-electron chi connectivity index (χ4n) is 2.86. The van der Waals surface area contributed by atoms with E-state index in [9.17, 15) is 4.79 Å². The van der Waals surface area contributed by atoms with Crippen LogP contribution in [-0.4, -0.2) is 34.8 Å². The summed E-state index contributed by atoms with van der Waals surface area (Å²) in [5, 5.41) is 10.9. The summed E-state index contributed by atoms with van der Waals surface area (Å²) in [6, 6.07) is 2.53. The zero-order chi connectivity index (χ0) is 14.5. The van der Waals surface area contributed by atoms with Gasteiger partial charge in [-0.05, 0) is 52.6 Å². The zero-order valence-corrected chi connectivity index (χ0v) is 12.8. The number of hydrogen-bond acceptors (Lipinski definition) is 3. The summed E-state index contributed by atoms with van der Waals surface area (Å²) in [5.41, 5.74) is 2.23. The highest BCUT2D eigenvalue weighted by molar-refractivity contribution is 5.78. The van der Waals surface area contributed by atoms with E-state index in [1.165, 1.54) is 5.69 Å². The van der Waals surface area contributed by atoms with E-state index in [2.05, 4.69) is 35.6 Å². The number of amides is 1. The monoisotopic (exact) mass is 278 g/mol. The van der Waals surface area contributed by atoms with Crippen molar-refractivity contribution in [1.29, 1.82) is 0 Å². The summed E-state index contributed by atoms with van der Waals surface area (Å²) < 4.78 is 2.01. The Labute approximate surface area is 121 Å². The molecule has 2 heterocycles. The van der Waals surface area contributed by atoms with Gasteiger partial charge < -0.3 is 10.6 Å². The van der Waals surface area contributed by atoms with Crippen molar-refractivity contribution >= 4 is 5.91 Å². The zero-order valence-electron chi connectivity index (χ0n) is 12.8. The van der Waals surface area contributed by atoms with Crippen molar-refractivity contribution in [3.8, 4) is 0 Å². The molecule has 20 heavy (non-hydrogen) atoms. The molecule has 1 aliphatic heterocycles. The number of hydrogen-bond donors (Lipinski definition) is 2. The first kappa shape index (κ1) is 15.0. The predicted octanol–water partition coefficient (Wildman–Crippen LogP) is 1.39. The Bertz CT molecular complexity index is 455. The number of carbonyl (C=O) groups is 1. The minimum absolute atomic E-state index is 0.180. The van der Waals surface area contributed by atoms with Crippen LogP contribution in [-0.2, 0) is 11.3 Å². The number of aromatic nitrogens is 2. The van der Waals surface area contributed by atoms with Crippen LogP contribution in [0.3, 0.4) is 0 Å². The van der Waals surface area contributed by atoms with E-state index < -0.39 is 0 Å². The molecule has 0 radical (unpaired) electrons. The Kier molecular flexibility index (Phi) is 5.17. The minimum atomic E-state index is 0.180. The molecular formula is C15H26N4O. The number of nitrogens with zero attached hydrogens (tertiary/aromatic N) is 2. The molecular weight excluding hydrogens is 252 g/mol. The maximum atomic E-state index is 12.1. The maximum absolute atomic E-state index is 12.1. The Hall–Kier alpha value is -1.36. The fraction of sp³-hybridized carbons (Fsp3) is 0.733. The lowest BCUT2D eigenvalue weighted by atomic mass is 9.92. The molecule has 0 spiro atoms. The molecule has 1 saturated heterocycles. The Morgan fingerprint density at radius 2 is 2.35 bits per heavy atom. The molecule has 1 aromatic heterocycles. The van der Waals surface area contributed by atoms with Gasteiger partial charge in [0.25, 0.3) is 0 Å². The van der Waals surface area contributed by atoms with Gasteiger partial charge in [0.05, 0.1) is 5.69 Å². The molecule has 0 aromatic carbocycles. The number of nitrogens with one attached hydrogen (secondary N) is 2. The molecule has 2 N–H and O–H groups in total. The van der Waals surface area contributed by atoms with Gasteiger partial charge in [-0.3, -0.25) is 9.48 Å². The first-order valence-electron chi connectivity index (χ1n) is 7.58. The highest BCUT2D eigenvalue weighted by Gasteiger charge is 2.24. The molecule has 1 aromatic rings. The molecule has 0 aliphatic carbocycles. The summed E-state index contributed by atoms with van der Waals surface area (Å²) in [4.78, 5) is 12.1. The van der Waals surface area contributed by atoms with E-state index in [1.807, 2.05) is 11.6 Å². The van der Waals surface area contributed by atoms with Crippen LogP contribution in [0.15, 0.2) is 6.07 Å². The molecule has 0 bridgehead atoms. The van der Waals surface area contributed by atoms with Gasteiger partial charge in [0, 0.05) is 30.7 Å². The van der Waals surface area contributed by atoms with Crippen LogP contribution in [0.25, 0.3) is 0 Å². The molecule has 1 fully saturated rings. The average Bonchev–Trinajstić information content (AvgIpc) is 2.73. The van der Waals surface area contributed by atoms with Crippen LogP contribution in [0.5, 0.6) is 0 Å². The molecule has 5 nitrogen and oxygen atoms in total. The van der Waals surface area contributed by atoms with E-state index in [0.29, 0.717) is 6.04 Å². The van der Waals surface area contributed by atoms with E-state index in [4.69, 9.17) is 0 Å². The topological polar surface area (TPSA) is 59.0 Å². The number of carbonyl (C=O) groups excluding carboxylic acids is 1. The van der Waals surface area contributed by atoms with E-state index in [-0.39, 0.29) is 11.8 Å². The van der Waals surface area contributed by atoms with Gasteiger partial charge in [-0.25, -0.2) is 0 Å². The van der Waals surface area contributed by atoms with E-state index >= 15 is 0 Å². The lowest BCUT2D eigenvalue weighted by Gasteiger charge is -2.27. The highest BCUT2D eigenvalue weighted by atomic mass is 16.1. The van der Waals surface area contributed by atoms with Crippen molar-refractivity contribution in [3.05, 3.63) is 17.5 Å². The number of rotatable bonds is 5. The second kappa shape index (κ2) is 6.88. The van der Waals surface area contributed by atoms with Crippen molar-refractivity contribution in [1.82, 2.24) is 20.4 Å². The average molecular weight is 278 g/mol.